The zero-order valence-electron chi connectivity index (χ0n) is 7.52. The highest BCUT2D eigenvalue weighted by atomic mass is 16.3. The van der Waals surface area contributed by atoms with Gasteiger partial charge in [-0.3, -0.25) is 14.6 Å². The molecule has 0 radical (unpaired) electrons. The van der Waals surface area contributed by atoms with Crippen molar-refractivity contribution < 1.29 is 9.90 Å². The lowest BCUT2D eigenvalue weighted by atomic mass is 10.1. The molecular formula is C9H7N3O3. The Morgan fingerprint density at radius 1 is 1.47 bits per heavy atom. The first-order valence-electron chi connectivity index (χ1n) is 4.11. The van der Waals surface area contributed by atoms with Gasteiger partial charge in [0.05, 0.1) is 10.9 Å². The van der Waals surface area contributed by atoms with Crippen LogP contribution in [0.2, 0.25) is 0 Å². The number of hydrogen-bond donors (Lipinski definition) is 3. The van der Waals surface area contributed by atoms with Gasteiger partial charge < -0.3 is 10.8 Å². The predicted octanol–water partition coefficient (Wildman–Crippen LogP) is -0.272. The summed E-state index contributed by atoms with van der Waals surface area (Å²) in [6.45, 7) is 0. The number of fused-ring (bicyclic) bond motifs is 1. The van der Waals surface area contributed by atoms with Crippen molar-refractivity contribution in [2.45, 2.75) is 0 Å². The molecule has 2 aromatic rings. The molecule has 0 bridgehead atoms. The first-order chi connectivity index (χ1) is 7.08. The number of nitrogens with zero attached hydrogens (tertiary/aromatic N) is 1. The number of amides is 1. The molecule has 0 saturated carbocycles. The van der Waals surface area contributed by atoms with Gasteiger partial charge in [-0.05, 0) is 18.2 Å². The standard InChI is InChI=1S/C9H7N3O3/c10-7(13)4-1-2-5-6(3-4)11-9(15)12-8(5)14/h1-3H,(H2,10,13)(H2,11,12,14,15). The molecule has 4 N–H and O–H groups in total. The van der Waals surface area contributed by atoms with Crippen LogP contribution in [0.1, 0.15) is 10.4 Å². The smallest absolute Gasteiger partial charge is 0.294 e. The second kappa shape index (κ2) is 3.09. The summed E-state index contributed by atoms with van der Waals surface area (Å²) in [5.41, 5.74) is 5.07. The van der Waals surface area contributed by atoms with Gasteiger partial charge >= 0.3 is 0 Å². The fourth-order valence-electron chi connectivity index (χ4n) is 1.28. The third kappa shape index (κ3) is 1.52. The van der Waals surface area contributed by atoms with Crippen molar-refractivity contribution in [3.8, 4) is 6.01 Å². The Hall–Kier alpha value is -2.37. The van der Waals surface area contributed by atoms with E-state index in [1.54, 1.807) is 0 Å². The molecule has 1 amide bonds. The maximum Gasteiger partial charge on any atom is 0.294 e. The number of aromatic nitrogens is 2. The van der Waals surface area contributed by atoms with Gasteiger partial charge in [0.1, 0.15) is 0 Å². The van der Waals surface area contributed by atoms with E-state index in [-0.39, 0.29) is 16.5 Å². The van der Waals surface area contributed by atoms with E-state index in [0.717, 1.165) is 0 Å². The molecule has 1 aromatic carbocycles. The molecule has 0 saturated heterocycles. The van der Waals surface area contributed by atoms with Crippen molar-refractivity contribution in [2.24, 2.45) is 5.73 Å². The largest absolute Gasteiger partial charge is 0.480 e. The lowest BCUT2D eigenvalue weighted by Crippen LogP contribution is -2.12. The Labute approximate surface area is 83.4 Å². The summed E-state index contributed by atoms with van der Waals surface area (Å²) in [4.78, 5) is 28.0. The zero-order chi connectivity index (χ0) is 11.0. The van der Waals surface area contributed by atoms with Crippen LogP contribution in [0.4, 0.5) is 0 Å². The molecule has 1 heterocycles. The lowest BCUT2D eigenvalue weighted by Gasteiger charge is -1.99. The Morgan fingerprint density at radius 3 is 2.87 bits per heavy atom. The minimum Gasteiger partial charge on any atom is -0.480 e. The van der Waals surface area contributed by atoms with Gasteiger partial charge in [0.2, 0.25) is 5.91 Å². The van der Waals surface area contributed by atoms with Crippen molar-refractivity contribution in [2.75, 3.05) is 0 Å². The quantitative estimate of drug-likeness (QED) is 0.595. The normalized spacial score (nSPS) is 10.4. The summed E-state index contributed by atoms with van der Waals surface area (Å²) >= 11 is 0. The average molecular weight is 205 g/mol. The highest BCUT2D eigenvalue weighted by Crippen LogP contribution is 2.11. The molecular weight excluding hydrogens is 198 g/mol. The lowest BCUT2D eigenvalue weighted by molar-refractivity contribution is 0.100. The van der Waals surface area contributed by atoms with Crippen LogP contribution in [0.25, 0.3) is 10.9 Å². The van der Waals surface area contributed by atoms with E-state index in [9.17, 15) is 9.59 Å². The number of nitrogens with two attached hydrogens (primary N) is 1. The van der Waals surface area contributed by atoms with Crippen LogP contribution < -0.4 is 11.3 Å². The van der Waals surface area contributed by atoms with E-state index in [1.807, 2.05) is 0 Å². The first kappa shape index (κ1) is 9.20. The molecule has 6 heteroatoms. The summed E-state index contributed by atoms with van der Waals surface area (Å²) in [6.07, 6.45) is 0. The van der Waals surface area contributed by atoms with Gasteiger partial charge in [-0.2, -0.15) is 4.98 Å². The summed E-state index contributed by atoms with van der Waals surface area (Å²) in [6, 6.07) is 3.72. The number of nitrogens with one attached hydrogen (secondary N) is 1. The van der Waals surface area contributed by atoms with Gasteiger partial charge in [-0.15, -0.1) is 0 Å². The SMILES string of the molecule is NC(=O)c1ccc2c(=O)[nH]c(O)nc2c1. The fraction of sp³-hybridized carbons (Fsp3) is 0. The van der Waals surface area contributed by atoms with Gasteiger partial charge in [0, 0.05) is 5.56 Å². The van der Waals surface area contributed by atoms with Crippen LogP contribution in [0, 0.1) is 0 Å². The predicted molar refractivity (Wildman–Crippen MR) is 52.5 cm³/mol. The Balaban J connectivity index is 2.82. The summed E-state index contributed by atoms with van der Waals surface area (Å²) < 4.78 is 0. The van der Waals surface area contributed by atoms with Crippen LogP contribution in [0.3, 0.4) is 0 Å². The molecule has 0 aliphatic carbocycles. The molecule has 0 fully saturated rings. The summed E-state index contributed by atoms with van der Waals surface area (Å²) in [5, 5.41) is 9.35. The Bertz CT molecular complexity index is 603. The summed E-state index contributed by atoms with van der Waals surface area (Å²) in [5.74, 6) is -0.613. The van der Waals surface area contributed by atoms with E-state index in [1.165, 1.54) is 18.2 Å². The highest BCUT2D eigenvalue weighted by Gasteiger charge is 2.06. The van der Waals surface area contributed by atoms with Crippen LogP contribution >= 0.6 is 0 Å². The molecule has 1 aromatic heterocycles. The van der Waals surface area contributed by atoms with E-state index < -0.39 is 17.5 Å². The Morgan fingerprint density at radius 2 is 2.20 bits per heavy atom. The summed E-state index contributed by atoms with van der Waals surface area (Å²) in [7, 11) is 0. The molecule has 0 aliphatic rings. The van der Waals surface area contributed by atoms with Crippen LogP contribution in [-0.4, -0.2) is 21.0 Å². The maximum absolute atomic E-state index is 11.3. The van der Waals surface area contributed by atoms with Gasteiger partial charge in [0.25, 0.3) is 11.6 Å². The molecule has 15 heavy (non-hydrogen) atoms. The van der Waals surface area contributed by atoms with E-state index in [0.29, 0.717) is 0 Å². The van der Waals surface area contributed by atoms with Crippen molar-refractivity contribution in [1.82, 2.24) is 9.97 Å². The number of primary amides is 1. The molecule has 76 valence electrons. The molecule has 0 aliphatic heterocycles. The van der Waals surface area contributed by atoms with Crippen molar-refractivity contribution >= 4 is 16.8 Å². The second-order valence-electron chi connectivity index (χ2n) is 2.99. The number of aromatic hydroxyl groups is 1. The number of H-pyrrole nitrogens is 1. The van der Waals surface area contributed by atoms with Crippen molar-refractivity contribution in [3.63, 3.8) is 0 Å². The highest BCUT2D eigenvalue weighted by molar-refractivity contribution is 5.96. The third-order valence-electron chi connectivity index (χ3n) is 1.98. The molecule has 6 nitrogen and oxygen atoms in total. The maximum atomic E-state index is 11.3. The number of hydrogen-bond acceptors (Lipinski definition) is 4. The topological polar surface area (TPSA) is 109 Å². The van der Waals surface area contributed by atoms with Crippen LogP contribution in [0.15, 0.2) is 23.0 Å². The van der Waals surface area contributed by atoms with E-state index in [4.69, 9.17) is 10.8 Å². The number of aromatic amines is 1. The number of benzene rings is 1. The molecule has 0 spiro atoms. The molecule has 2 rings (SSSR count). The number of rotatable bonds is 1. The van der Waals surface area contributed by atoms with Crippen molar-refractivity contribution in [3.05, 3.63) is 34.1 Å². The monoisotopic (exact) mass is 205 g/mol. The third-order valence-corrected chi connectivity index (χ3v) is 1.98. The molecule has 0 unspecified atom stereocenters. The minimum atomic E-state index is -0.613. The van der Waals surface area contributed by atoms with Gasteiger partial charge in [-0.25, -0.2) is 0 Å². The van der Waals surface area contributed by atoms with Gasteiger partial charge in [0.15, 0.2) is 0 Å². The van der Waals surface area contributed by atoms with E-state index >= 15 is 0 Å². The average Bonchev–Trinajstić information content (AvgIpc) is 2.16. The molecule has 0 atom stereocenters. The first-order valence-corrected chi connectivity index (χ1v) is 4.11. The Kier molecular flexibility index (Phi) is 1.89. The number of carbonyl (C=O) groups is 1. The number of carbonyl (C=O) groups excluding carboxylic acids is 1. The second-order valence-corrected chi connectivity index (χ2v) is 2.99. The zero-order valence-corrected chi connectivity index (χ0v) is 7.52. The van der Waals surface area contributed by atoms with E-state index in [2.05, 4.69) is 9.97 Å². The van der Waals surface area contributed by atoms with Gasteiger partial charge in [-0.1, -0.05) is 0 Å². The van der Waals surface area contributed by atoms with Crippen molar-refractivity contribution in [1.29, 1.82) is 0 Å². The van der Waals surface area contributed by atoms with Crippen LogP contribution in [0.5, 0.6) is 6.01 Å². The minimum absolute atomic E-state index is 0.229. The fourth-order valence-corrected chi connectivity index (χ4v) is 1.28. The van der Waals surface area contributed by atoms with Crippen LogP contribution in [-0.2, 0) is 0 Å².